The van der Waals surface area contributed by atoms with E-state index in [1.807, 2.05) is 0 Å². The molecule has 1 aromatic heterocycles. The van der Waals surface area contributed by atoms with E-state index in [0.29, 0.717) is 18.0 Å². The van der Waals surface area contributed by atoms with Gasteiger partial charge in [-0.15, -0.1) is 0 Å². The standard InChI is InChI=1S/C17H23FN4O/c1-13(2)21-9-6-20(7-10-21)8-11-22-12-19-16-14(17(22)23)4-3-5-15(16)18/h3-5,12-13H,6-11H2,1-2H3. The summed E-state index contributed by atoms with van der Waals surface area (Å²) in [6.45, 7) is 9.99. The van der Waals surface area contributed by atoms with Crippen LogP contribution < -0.4 is 5.56 Å². The van der Waals surface area contributed by atoms with Gasteiger partial charge in [0.2, 0.25) is 0 Å². The summed E-state index contributed by atoms with van der Waals surface area (Å²) in [5.74, 6) is -0.448. The van der Waals surface area contributed by atoms with Crippen LogP contribution >= 0.6 is 0 Å². The molecule has 0 unspecified atom stereocenters. The number of aromatic nitrogens is 2. The highest BCUT2D eigenvalue weighted by atomic mass is 19.1. The zero-order chi connectivity index (χ0) is 16.4. The number of para-hydroxylation sites is 1. The van der Waals surface area contributed by atoms with Gasteiger partial charge in [0.05, 0.1) is 11.7 Å². The summed E-state index contributed by atoms with van der Waals surface area (Å²) in [6, 6.07) is 5.09. The van der Waals surface area contributed by atoms with Crippen molar-refractivity contribution < 1.29 is 4.39 Å². The SMILES string of the molecule is CC(C)N1CCN(CCn2cnc3c(F)cccc3c2=O)CC1. The van der Waals surface area contributed by atoms with E-state index in [-0.39, 0.29) is 11.1 Å². The first-order chi connectivity index (χ1) is 11.1. The Morgan fingerprint density at radius 1 is 1.17 bits per heavy atom. The summed E-state index contributed by atoms with van der Waals surface area (Å²) in [5.41, 5.74) is -0.0189. The molecule has 6 heteroatoms. The topological polar surface area (TPSA) is 41.4 Å². The minimum atomic E-state index is -0.448. The second-order valence-electron chi connectivity index (χ2n) is 6.35. The van der Waals surface area contributed by atoms with Crippen LogP contribution in [0.25, 0.3) is 10.9 Å². The van der Waals surface area contributed by atoms with Gasteiger partial charge in [-0.05, 0) is 26.0 Å². The third-order valence-electron chi connectivity index (χ3n) is 4.60. The van der Waals surface area contributed by atoms with Crippen molar-refractivity contribution in [2.24, 2.45) is 0 Å². The Morgan fingerprint density at radius 2 is 1.91 bits per heavy atom. The highest BCUT2D eigenvalue weighted by Gasteiger charge is 2.18. The molecular weight excluding hydrogens is 295 g/mol. The van der Waals surface area contributed by atoms with Crippen molar-refractivity contribution in [1.82, 2.24) is 19.4 Å². The van der Waals surface area contributed by atoms with Crippen LogP contribution in [0.2, 0.25) is 0 Å². The normalized spacial score (nSPS) is 17.2. The van der Waals surface area contributed by atoms with Crippen molar-refractivity contribution in [3.05, 3.63) is 40.7 Å². The lowest BCUT2D eigenvalue weighted by molar-refractivity contribution is 0.106. The van der Waals surface area contributed by atoms with Gasteiger partial charge < -0.3 is 0 Å². The van der Waals surface area contributed by atoms with Crippen molar-refractivity contribution in [3.63, 3.8) is 0 Å². The number of piperazine rings is 1. The third-order valence-corrected chi connectivity index (χ3v) is 4.60. The largest absolute Gasteiger partial charge is 0.299 e. The molecule has 0 saturated carbocycles. The van der Waals surface area contributed by atoms with E-state index in [4.69, 9.17) is 0 Å². The van der Waals surface area contributed by atoms with E-state index in [9.17, 15) is 9.18 Å². The smallest absolute Gasteiger partial charge is 0.261 e. The number of nitrogens with zero attached hydrogens (tertiary/aromatic N) is 4. The molecule has 2 aromatic rings. The first-order valence-corrected chi connectivity index (χ1v) is 8.16. The molecule has 23 heavy (non-hydrogen) atoms. The van der Waals surface area contributed by atoms with E-state index in [1.165, 1.54) is 12.4 Å². The average molecular weight is 318 g/mol. The molecule has 5 nitrogen and oxygen atoms in total. The van der Waals surface area contributed by atoms with Gasteiger partial charge in [-0.1, -0.05) is 6.07 Å². The second kappa shape index (κ2) is 6.76. The summed E-state index contributed by atoms with van der Waals surface area (Å²) < 4.78 is 15.2. The Hall–Kier alpha value is -1.79. The Kier molecular flexibility index (Phi) is 4.73. The lowest BCUT2D eigenvalue weighted by Gasteiger charge is -2.36. The number of hydrogen-bond donors (Lipinski definition) is 0. The lowest BCUT2D eigenvalue weighted by atomic mass is 10.2. The van der Waals surface area contributed by atoms with Crippen LogP contribution in [0.15, 0.2) is 29.3 Å². The molecule has 1 fully saturated rings. The van der Waals surface area contributed by atoms with Gasteiger partial charge in [0.15, 0.2) is 0 Å². The molecule has 0 atom stereocenters. The Bertz CT molecular complexity index is 735. The summed E-state index contributed by atoms with van der Waals surface area (Å²) in [6.07, 6.45) is 1.46. The fraction of sp³-hybridized carbons (Fsp3) is 0.529. The second-order valence-corrected chi connectivity index (χ2v) is 6.35. The molecule has 1 aliphatic rings. The Morgan fingerprint density at radius 3 is 2.61 bits per heavy atom. The predicted octanol–water partition coefficient (Wildman–Crippen LogP) is 1.56. The number of fused-ring (bicyclic) bond motifs is 1. The molecule has 0 spiro atoms. The van der Waals surface area contributed by atoms with Gasteiger partial charge >= 0.3 is 0 Å². The number of benzene rings is 1. The molecule has 124 valence electrons. The highest BCUT2D eigenvalue weighted by molar-refractivity contribution is 5.77. The van der Waals surface area contributed by atoms with Crippen molar-refractivity contribution >= 4 is 10.9 Å². The van der Waals surface area contributed by atoms with Crippen molar-refractivity contribution in [2.45, 2.75) is 26.4 Å². The molecule has 0 aliphatic carbocycles. The van der Waals surface area contributed by atoms with Crippen LogP contribution in [0.1, 0.15) is 13.8 Å². The minimum absolute atomic E-state index is 0.152. The van der Waals surface area contributed by atoms with E-state index in [2.05, 4.69) is 28.6 Å². The zero-order valence-corrected chi connectivity index (χ0v) is 13.7. The Balaban J connectivity index is 1.67. The molecular formula is C17H23FN4O. The van der Waals surface area contributed by atoms with Gasteiger partial charge in [0.1, 0.15) is 11.3 Å². The van der Waals surface area contributed by atoms with Crippen LogP contribution in [0.5, 0.6) is 0 Å². The van der Waals surface area contributed by atoms with E-state index in [0.717, 1.165) is 32.7 Å². The van der Waals surface area contributed by atoms with Gasteiger partial charge in [0, 0.05) is 45.3 Å². The molecule has 0 radical (unpaired) electrons. The zero-order valence-electron chi connectivity index (χ0n) is 13.7. The van der Waals surface area contributed by atoms with Crippen LogP contribution in [0.4, 0.5) is 4.39 Å². The molecule has 1 aromatic carbocycles. The quantitative estimate of drug-likeness (QED) is 0.858. The van der Waals surface area contributed by atoms with E-state index < -0.39 is 5.82 Å². The maximum atomic E-state index is 13.7. The predicted molar refractivity (Wildman–Crippen MR) is 89.1 cm³/mol. The van der Waals surface area contributed by atoms with Crippen LogP contribution in [0, 0.1) is 5.82 Å². The monoisotopic (exact) mass is 318 g/mol. The van der Waals surface area contributed by atoms with Crippen molar-refractivity contribution in [1.29, 1.82) is 0 Å². The maximum absolute atomic E-state index is 13.7. The average Bonchev–Trinajstić information content (AvgIpc) is 2.55. The lowest BCUT2D eigenvalue weighted by Crippen LogP contribution is -2.49. The van der Waals surface area contributed by atoms with Crippen LogP contribution in [-0.2, 0) is 6.54 Å². The van der Waals surface area contributed by atoms with Gasteiger partial charge in [0.25, 0.3) is 5.56 Å². The first-order valence-electron chi connectivity index (χ1n) is 8.16. The third kappa shape index (κ3) is 3.43. The Labute approximate surface area is 135 Å². The van der Waals surface area contributed by atoms with Crippen LogP contribution in [-0.4, -0.2) is 58.1 Å². The molecule has 1 saturated heterocycles. The molecule has 0 amide bonds. The maximum Gasteiger partial charge on any atom is 0.261 e. The summed E-state index contributed by atoms with van der Waals surface area (Å²) in [7, 11) is 0. The van der Waals surface area contributed by atoms with Gasteiger partial charge in [-0.25, -0.2) is 9.37 Å². The number of halogens is 1. The summed E-state index contributed by atoms with van der Waals surface area (Å²) in [5, 5.41) is 0.345. The molecule has 3 rings (SSSR count). The summed E-state index contributed by atoms with van der Waals surface area (Å²) >= 11 is 0. The first kappa shape index (κ1) is 16.1. The molecule has 0 N–H and O–H groups in total. The molecule has 2 heterocycles. The van der Waals surface area contributed by atoms with Gasteiger partial charge in [-0.2, -0.15) is 0 Å². The number of hydrogen-bond acceptors (Lipinski definition) is 4. The molecule has 1 aliphatic heterocycles. The van der Waals surface area contributed by atoms with E-state index in [1.54, 1.807) is 16.7 Å². The fourth-order valence-electron chi connectivity index (χ4n) is 3.07. The number of rotatable bonds is 4. The van der Waals surface area contributed by atoms with Crippen molar-refractivity contribution in [3.8, 4) is 0 Å². The van der Waals surface area contributed by atoms with Crippen molar-refractivity contribution in [2.75, 3.05) is 32.7 Å². The fourth-order valence-corrected chi connectivity index (χ4v) is 3.07. The summed E-state index contributed by atoms with van der Waals surface area (Å²) in [4.78, 5) is 21.3. The van der Waals surface area contributed by atoms with E-state index >= 15 is 0 Å². The van der Waals surface area contributed by atoms with Gasteiger partial charge in [-0.3, -0.25) is 19.2 Å². The highest BCUT2D eigenvalue weighted by Crippen LogP contribution is 2.11. The minimum Gasteiger partial charge on any atom is -0.299 e. The molecule has 0 bridgehead atoms. The van der Waals surface area contributed by atoms with Crippen LogP contribution in [0.3, 0.4) is 0 Å².